The number of nitrogens with zero attached hydrogens (tertiary/aromatic N) is 2. The monoisotopic (exact) mass is 632 g/mol. The lowest BCUT2D eigenvalue weighted by molar-refractivity contribution is 1.20. The second kappa shape index (κ2) is 10.1. The third-order valence-corrected chi connectivity index (χ3v) is 11.8. The normalized spacial score (nSPS) is 11.8. The van der Waals surface area contributed by atoms with Crippen molar-refractivity contribution < 1.29 is 0 Å². The zero-order valence-electron chi connectivity index (χ0n) is 25.1. The van der Waals surface area contributed by atoms with Gasteiger partial charge in [-0.2, -0.15) is 5.26 Å². The Kier molecular flexibility index (Phi) is 5.71. The molecule has 2 nitrogen and oxygen atoms in total. The van der Waals surface area contributed by atoms with Crippen molar-refractivity contribution in [3.63, 3.8) is 0 Å². The predicted octanol–water partition coefficient (Wildman–Crippen LogP) is 12.7. The third kappa shape index (κ3) is 3.88. The van der Waals surface area contributed by atoms with Crippen LogP contribution in [0.25, 0.3) is 90.1 Å². The van der Waals surface area contributed by atoms with E-state index in [1.54, 1.807) is 0 Å². The van der Waals surface area contributed by atoms with Crippen LogP contribution in [0.1, 0.15) is 5.56 Å². The molecule has 10 aromatic rings. The van der Waals surface area contributed by atoms with Crippen molar-refractivity contribution in [2.75, 3.05) is 0 Å². The minimum atomic E-state index is 0.663. The molecule has 0 aliphatic rings. The molecule has 7 aromatic carbocycles. The molecule has 0 aliphatic heterocycles. The summed E-state index contributed by atoms with van der Waals surface area (Å²) in [6.45, 7) is 0. The van der Waals surface area contributed by atoms with Crippen molar-refractivity contribution in [1.29, 1.82) is 5.26 Å². The number of fused-ring (bicyclic) bond motifs is 9. The SMILES string of the molecule is N#Cc1ccc2c3ccccc3n(-c3cccc4c3sc3c(-c5ccccc5)cc(-c5cccc6sc7ccccc7c56)cc34)c2c1. The van der Waals surface area contributed by atoms with Gasteiger partial charge < -0.3 is 4.57 Å². The second-order valence-electron chi connectivity index (χ2n) is 12.0. The third-order valence-electron chi connectivity index (χ3n) is 9.42. The van der Waals surface area contributed by atoms with Gasteiger partial charge in [0.25, 0.3) is 0 Å². The van der Waals surface area contributed by atoms with Crippen LogP contribution in [0.2, 0.25) is 0 Å². The molecule has 0 saturated heterocycles. The van der Waals surface area contributed by atoms with Crippen LogP contribution in [-0.2, 0) is 0 Å². The summed E-state index contributed by atoms with van der Waals surface area (Å²) in [5.74, 6) is 0. The molecule has 0 aliphatic carbocycles. The Morgan fingerprint density at radius 2 is 1.21 bits per heavy atom. The van der Waals surface area contributed by atoms with E-state index in [1.807, 2.05) is 34.8 Å². The zero-order chi connectivity index (χ0) is 31.1. The zero-order valence-corrected chi connectivity index (χ0v) is 26.7. The summed E-state index contributed by atoms with van der Waals surface area (Å²) in [6.07, 6.45) is 0. The van der Waals surface area contributed by atoms with Gasteiger partial charge in [0.2, 0.25) is 0 Å². The molecule has 0 atom stereocenters. The van der Waals surface area contributed by atoms with Crippen molar-refractivity contribution in [3.8, 4) is 34.0 Å². The van der Waals surface area contributed by atoms with E-state index in [2.05, 4.69) is 144 Å². The highest BCUT2D eigenvalue weighted by Gasteiger charge is 2.20. The summed E-state index contributed by atoms with van der Waals surface area (Å²) in [7, 11) is 0. The Morgan fingerprint density at radius 1 is 0.468 bits per heavy atom. The minimum Gasteiger partial charge on any atom is -0.308 e. The highest BCUT2D eigenvalue weighted by molar-refractivity contribution is 7.27. The van der Waals surface area contributed by atoms with Gasteiger partial charge in [-0.1, -0.05) is 97.1 Å². The maximum absolute atomic E-state index is 9.81. The molecule has 0 fully saturated rings. The van der Waals surface area contributed by atoms with E-state index < -0.39 is 0 Å². The second-order valence-corrected chi connectivity index (χ2v) is 14.1. The Balaban J connectivity index is 1.32. The molecule has 4 heteroatoms. The maximum Gasteiger partial charge on any atom is 0.0992 e. The highest BCUT2D eigenvalue weighted by atomic mass is 32.1. The number of hydrogen-bond donors (Lipinski definition) is 0. The fourth-order valence-electron chi connectivity index (χ4n) is 7.36. The molecule has 10 rings (SSSR count). The lowest BCUT2D eigenvalue weighted by Crippen LogP contribution is -1.94. The standard InChI is InChI=1S/C43H24N2S2/c44-25-26-20-21-31-30-12-4-6-16-36(30)45(38(31)22-26)37-17-8-15-32-35-24-28(23-34(42(35)47-43(32)37)27-10-2-1-3-11-27)29-14-9-19-40-41(29)33-13-5-7-18-39(33)46-40/h1-24H. The highest BCUT2D eigenvalue weighted by Crippen LogP contribution is 2.47. The van der Waals surface area contributed by atoms with E-state index in [9.17, 15) is 5.26 Å². The first kappa shape index (κ1) is 26.5. The molecule has 218 valence electrons. The Labute approximate surface area is 278 Å². The molecule has 3 heterocycles. The number of para-hydroxylation sites is 1. The van der Waals surface area contributed by atoms with E-state index in [1.165, 1.54) is 68.0 Å². The lowest BCUT2D eigenvalue weighted by atomic mass is 9.93. The Morgan fingerprint density at radius 3 is 2.11 bits per heavy atom. The van der Waals surface area contributed by atoms with Gasteiger partial charge in [-0.05, 0) is 65.2 Å². The molecule has 0 spiro atoms. The van der Waals surface area contributed by atoms with E-state index >= 15 is 0 Å². The average molecular weight is 633 g/mol. The first-order valence-corrected chi connectivity index (χ1v) is 17.3. The average Bonchev–Trinajstić information content (AvgIpc) is 3.81. The van der Waals surface area contributed by atoms with Gasteiger partial charge in [-0.15, -0.1) is 22.7 Å². The topological polar surface area (TPSA) is 28.7 Å². The minimum absolute atomic E-state index is 0.663. The molecule has 0 N–H and O–H groups in total. The molecule has 3 aromatic heterocycles. The Hall–Kier alpha value is -5.73. The van der Waals surface area contributed by atoms with E-state index in [-0.39, 0.29) is 0 Å². The number of aromatic nitrogens is 1. The number of thiophene rings is 2. The fourth-order valence-corrected chi connectivity index (χ4v) is 9.82. The van der Waals surface area contributed by atoms with Crippen molar-refractivity contribution in [1.82, 2.24) is 4.57 Å². The molecule has 0 unspecified atom stereocenters. The van der Waals surface area contributed by atoms with Crippen LogP contribution in [-0.4, -0.2) is 4.57 Å². The quantitative estimate of drug-likeness (QED) is 0.190. The number of benzene rings is 7. The molecule has 0 bridgehead atoms. The molecule has 0 amide bonds. The summed E-state index contributed by atoms with van der Waals surface area (Å²) >= 11 is 3.73. The van der Waals surface area contributed by atoms with Crippen LogP contribution >= 0.6 is 22.7 Å². The van der Waals surface area contributed by atoms with Crippen molar-refractivity contribution in [2.45, 2.75) is 0 Å². The van der Waals surface area contributed by atoms with E-state index in [4.69, 9.17) is 0 Å². The number of nitriles is 1. The van der Waals surface area contributed by atoms with Crippen molar-refractivity contribution in [2.24, 2.45) is 0 Å². The van der Waals surface area contributed by atoms with Gasteiger partial charge >= 0.3 is 0 Å². The molecule has 0 radical (unpaired) electrons. The molecule has 47 heavy (non-hydrogen) atoms. The Bertz CT molecular complexity index is 2920. The first-order valence-electron chi connectivity index (χ1n) is 15.7. The predicted molar refractivity (Wildman–Crippen MR) is 202 cm³/mol. The van der Waals surface area contributed by atoms with Crippen LogP contribution in [0.5, 0.6) is 0 Å². The summed E-state index contributed by atoms with van der Waals surface area (Å²) in [4.78, 5) is 0. The van der Waals surface area contributed by atoms with Crippen molar-refractivity contribution in [3.05, 3.63) is 151 Å². The summed E-state index contributed by atoms with van der Waals surface area (Å²) < 4.78 is 7.50. The number of rotatable bonds is 3. The van der Waals surface area contributed by atoms with Crippen LogP contribution in [0.3, 0.4) is 0 Å². The van der Waals surface area contributed by atoms with Crippen LogP contribution < -0.4 is 0 Å². The first-order chi connectivity index (χ1) is 23.3. The van der Waals surface area contributed by atoms with Gasteiger partial charge in [0.15, 0.2) is 0 Å². The van der Waals surface area contributed by atoms with E-state index in [0.29, 0.717) is 5.56 Å². The van der Waals surface area contributed by atoms with Crippen LogP contribution in [0, 0.1) is 11.3 Å². The number of hydrogen-bond acceptors (Lipinski definition) is 3. The molecule has 0 saturated carbocycles. The maximum atomic E-state index is 9.81. The van der Waals surface area contributed by atoms with E-state index in [0.717, 1.165) is 22.1 Å². The van der Waals surface area contributed by atoms with Gasteiger partial charge in [-0.25, -0.2) is 0 Å². The van der Waals surface area contributed by atoms with Gasteiger partial charge in [-0.3, -0.25) is 0 Å². The lowest BCUT2D eigenvalue weighted by Gasteiger charge is -2.11. The van der Waals surface area contributed by atoms with Crippen LogP contribution in [0.4, 0.5) is 0 Å². The largest absolute Gasteiger partial charge is 0.308 e. The van der Waals surface area contributed by atoms with Crippen LogP contribution in [0.15, 0.2) is 146 Å². The summed E-state index contributed by atoms with van der Waals surface area (Å²) in [5.41, 5.74) is 8.94. The van der Waals surface area contributed by atoms with Gasteiger partial charge in [0.1, 0.15) is 0 Å². The van der Waals surface area contributed by atoms with Crippen molar-refractivity contribution >= 4 is 84.8 Å². The van der Waals surface area contributed by atoms with Gasteiger partial charge in [0, 0.05) is 52.0 Å². The smallest absolute Gasteiger partial charge is 0.0992 e. The fraction of sp³-hybridized carbons (Fsp3) is 0. The summed E-state index contributed by atoms with van der Waals surface area (Å²) in [6, 6.07) is 54.7. The van der Waals surface area contributed by atoms with Gasteiger partial charge in [0.05, 0.1) is 33.1 Å². The summed E-state index contributed by atoms with van der Waals surface area (Å²) in [5, 5.41) is 17.3. The molecular formula is C43H24N2S2. The molecular weight excluding hydrogens is 609 g/mol.